The fourth-order valence-electron chi connectivity index (χ4n) is 1.46. The lowest BCUT2D eigenvalue weighted by Crippen LogP contribution is -2.03. The molecule has 100 valence electrons. The van der Waals surface area contributed by atoms with Gasteiger partial charge in [-0.2, -0.15) is 0 Å². The molecule has 1 rings (SSSR count). The van der Waals surface area contributed by atoms with Gasteiger partial charge in [0.05, 0.1) is 17.8 Å². The zero-order valence-corrected chi connectivity index (χ0v) is 9.78. The number of carbonyl (C=O) groups is 2. The maximum atomic E-state index is 10.8. The smallest absolute Gasteiger partial charge is 0.308 e. The molecule has 0 aliphatic heterocycles. The molecule has 2 N–H and O–H groups in total. The normalized spacial score (nSPS) is 10.5. The number of benzene rings is 1. The average Bonchev–Trinajstić information content (AvgIpc) is 2.29. The zero-order valence-electron chi connectivity index (χ0n) is 9.78. The number of nitro benzene ring substituents is 1. The molecule has 0 heterocycles. The molecule has 7 heteroatoms. The Balaban J connectivity index is 3.02. The minimum Gasteiger partial charge on any atom is -0.481 e. The maximum Gasteiger partial charge on any atom is 0.308 e. The van der Waals surface area contributed by atoms with Gasteiger partial charge < -0.3 is 10.2 Å². The lowest BCUT2D eigenvalue weighted by molar-refractivity contribution is -0.385. The van der Waals surface area contributed by atoms with Crippen molar-refractivity contribution in [2.75, 3.05) is 0 Å². The highest BCUT2D eigenvalue weighted by Gasteiger charge is 2.16. The monoisotopic (exact) mass is 265 g/mol. The van der Waals surface area contributed by atoms with Gasteiger partial charge in [0, 0.05) is 11.6 Å². The van der Waals surface area contributed by atoms with Crippen molar-refractivity contribution < 1.29 is 24.7 Å². The molecule has 0 aliphatic rings. The molecular weight excluding hydrogens is 254 g/mol. The first-order valence-corrected chi connectivity index (χ1v) is 5.27. The van der Waals surface area contributed by atoms with Gasteiger partial charge in [-0.1, -0.05) is 24.3 Å². The van der Waals surface area contributed by atoms with Crippen LogP contribution in [0.15, 0.2) is 24.3 Å². The Kier molecular flexibility index (Phi) is 4.76. The summed E-state index contributed by atoms with van der Waals surface area (Å²) in [5.74, 6) is -2.16. The van der Waals surface area contributed by atoms with Crippen molar-refractivity contribution in [3.05, 3.63) is 45.5 Å². The fourth-order valence-corrected chi connectivity index (χ4v) is 1.46. The summed E-state index contributed by atoms with van der Waals surface area (Å²) in [6.07, 6.45) is 2.17. The molecule has 7 nitrogen and oxygen atoms in total. The minimum absolute atomic E-state index is 0.105. The van der Waals surface area contributed by atoms with Crippen LogP contribution in [0.5, 0.6) is 0 Å². The molecule has 0 unspecified atom stereocenters. The van der Waals surface area contributed by atoms with Crippen LogP contribution in [0.1, 0.15) is 17.5 Å². The van der Waals surface area contributed by atoms with Crippen molar-refractivity contribution in [1.29, 1.82) is 0 Å². The lowest BCUT2D eigenvalue weighted by atomic mass is 10.1. The van der Waals surface area contributed by atoms with Crippen LogP contribution in [0, 0.1) is 10.1 Å². The van der Waals surface area contributed by atoms with E-state index in [0.29, 0.717) is 5.56 Å². The third kappa shape index (κ3) is 4.58. The predicted octanol–water partition coefficient (Wildman–Crippen LogP) is 1.71. The highest BCUT2D eigenvalue weighted by atomic mass is 16.6. The molecule has 0 atom stereocenters. The fraction of sp³-hybridized carbons (Fsp3) is 0.167. The van der Waals surface area contributed by atoms with Crippen molar-refractivity contribution in [2.45, 2.75) is 12.8 Å². The molecule has 0 saturated carbocycles. The summed E-state index contributed by atoms with van der Waals surface area (Å²) in [5, 5.41) is 27.9. The van der Waals surface area contributed by atoms with Crippen LogP contribution in [0.25, 0.3) is 6.08 Å². The summed E-state index contributed by atoms with van der Waals surface area (Å²) in [5.41, 5.74) is 0.259. The van der Waals surface area contributed by atoms with Crippen LogP contribution >= 0.6 is 0 Å². The number of hydrogen-bond donors (Lipinski definition) is 2. The van der Waals surface area contributed by atoms with E-state index in [1.165, 1.54) is 30.4 Å². The molecule has 0 bridgehead atoms. The van der Waals surface area contributed by atoms with Crippen molar-refractivity contribution in [2.24, 2.45) is 0 Å². The molecule has 0 radical (unpaired) electrons. The summed E-state index contributed by atoms with van der Waals surface area (Å²) < 4.78 is 0. The van der Waals surface area contributed by atoms with E-state index in [4.69, 9.17) is 10.2 Å². The molecule has 19 heavy (non-hydrogen) atoms. The molecule has 0 aromatic heterocycles. The summed E-state index contributed by atoms with van der Waals surface area (Å²) in [7, 11) is 0. The van der Waals surface area contributed by atoms with Crippen LogP contribution in [0.3, 0.4) is 0 Å². The first-order chi connectivity index (χ1) is 8.90. The third-order valence-electron chi connectivity index (χ3n) is 2.25. The maximum absolute atomic E-state index is 10.8. The Morgan fingerprint density at radius 3 is 2.47 bits per heavy atom. The van der Waals surface area contributed by atoms with Crippen LogP contribution in [-0.4, -0.2) is 27.1 Å². The van der Waals surface area contributed by atoms with Gasteiger partial charge in [0.2, 0.25) is 0 Å². The number of aliphatic carboxylic acids is 2. The Morgan fingerprint density at radius 1 is 1.26 bits per heavy atom. The first kappa shape index (κ1) is 14.4. The molecule has 1 aromatic carbocycles. The predicted molar refractivity (Wildman–Crippen MR) is 65.7 cm³/mol. The van der Waals surface area contributed by atoms with E-state index in [2.05, 4.69) is 0 Å². The summed E-state index contributed by atoms with van der Waals surface area (Å²) in [6.45, 7) is 0. The van der Waals surface area contributed by atoms with Gasteiger partial charge in [-0.05, 0) is 5.56 Å². The SMILES string of the molecule is O=C(O)CC=Cc1ccc(CC(=O)O)c([N+](=O)[O-])c1. The molecule has 0 fully saturated rings. The second-order valence-electron chi connectivity index (χ2n) is 3.72. The van der Waals surface area contributed by atoms with E-state index in [-0.39, 0.29) is 17.7 Å². The standard InChI is InChI=1S/C12H11NO6/c14-11(15)3-1-2-8-4-5-9(7-12(16)17)10(6-8)13(18)19/h1-2,4-6H,3,7H2,(H,14,15)(H,16,17). The van der Waals surface area contributed by atoms with Crippen molar-refractivity contribution >= 4 is 23.7 Å². The van der Waals surface area contributed by atoms with Crippen molar-refractivity contribution in [3.63, 3.8) is 0 Å². The number of carboxylic acids is 2. The van der Waals surface area contributed by atoms with Gasteiger partial charge in [0.1, 0.15) is 0 Å². The molecule has 0 saturated heterocycles. The summed E-state index contributed by atoms with van der Waals surface area (Å²) >= 11 is 0. The number of nitro groups is 1. The summed E-state index contributed by atoms with van der Waals surface area (Å²) in [6, 6.07) is 4.08. The molecule has 1 aromatic rings. The van der Waals surface area contributed by atoms with Crippen LogP contribution in [0.4, 0.5) is 5.69 Å². The molecule has 0 amide bonds. The zero-order chi connectivity index (χ0) is 14.4. The van der Waals surface area contributed by atoms with Crippen LogP contribution in [0.2, 0.25) is 0 Å². The Morgan fingerprint density at radius 2 is 1.95 bits per heavy atom. The molecule has 0 aliphatic carbocycles. The van der Waals surface area contributed by atoms with Gasteiger partial charge in [-0.3, -0.25) is 19.7 Å². The average molecular weight is 265 g/mol. The third-order valence-corrected chi connectivity index (χ3v) is 2.25. The van der Waals surface area contributed by atoms with E-state index >= 15 is 0 Å². The number of nitrogens with zero attached hydrogens (tertiary/aromatic N) is 1. The lowest BCUT2D eigenvalue weighted by Gasteiger charge is -2.01. The van der Waals surface area contributed by atoms with Gasteiger partial charge in [0.15, 0.2) is 0 Å². The Bertz CT molecular complexity index is 549. The van der Waals surface area contributed by atoms with E-state index in [1.54, 1.807) is 0 Å². The molecular formula is C12H11NO6. The Labute approximate surface area is 107 Å². The first-order valence-electron chi connectivity index (χ1n) is 5.27. The van der Waals surface area contributed by atoms with Gasteiger partial charge in [0.25, 0.3) is 5.69 Å². The van der Waals surface area contributed by atoms with E-state index in [0.717, 1.165) is 0 Å². The topological polar surface area (TPSA) is 118 Å². The van der Waals surface area contributed by atoms with Crippen molar-refractivity contribution in [1.82, 2.24) is 0 Å². The Hall–Kier alpha value is -2.70. The second kappa shape index (κ2) is 6.29. The quantitative estimate of drug-likeness (QED) is 0.597. The summed E-state index contributed by atoms with van der Waals surface area (Å²) in [4.78, 5) is 31.1. The van der Waals surface area contributed by atoms with E-state index in [9.17, 15) is 19.7 Å². The van der Waals surface area contributed by atoms with Gasteiger partial charge in [-0.25, -0.2) is 0 Å². The second-order valence-corrected chi connectivity index (χ2v) is 3.72. The number of hydrogen-bond acceptors (Lipinski definition) is 4. The molecule has 0 spiro atoms. The number of rotatable bonds is 6. The highest BCUT2D eigenvalue weighted by Crippen LogP contribution is 2.21. The van der Waals surface area contributed by atoms with E-state index < -0.39 is 23.3 Å². The van der Waals surface area contributed by atoms with Gasteiger partial charge >= 0.3 is 11.9 Å². The van der Waals surface area contributed by atoms with Crippen LogP contribution < -0.4 is 0 Å². The van der Waals surface area contributed by atoms with Gasteiger partial charge in [-0.15, -0.1) is 0 Å². The number of carboxylic acid groups (broad SMARTS) is 2. The van der Waals surface area contributed by atoms with Crippen LogP contribution in [-0.2, 0) is 16.0 Å². The largest absolute Gasteiger partial charge is 0.481 e. The minimum atomic E-state index is -1.16. The van der Waals surface area contributed by atoms with E-state index in [1.807, 2.05) is 0 Å². The van der Waals surface area contributed by atoms with Crippen molar-refractivity contribution in [3.8, 4) is 0 Å². The highest BCUT2D eigenvalue weighted by molar-refractivity contribution is 5.73.